The summed E-state index contributed by atoms with van der Waals surface area (Å²) >= 11 is 9.92. The number of aliphatic hydroxyl groups is 2. The van der Waals surface area contributed by atoms with Crippen LogP contribution in [0.15, 0.2) is 30.6 Å². The number of benzene rings is 1. The molecule has 37 heavy (non-hydrogen) atoms. The van der Waals surface area contributed by atoms with Crippen LogP contribution in [0, 0.1) is 18.6 Å². The summed E-state index contributed by atoms with van der Waals surface area (Å²) in [7, 11) is 1.25. The molecule has 4 rings (SSSR count). The Morgan fingerprint density at radius 1 is 1.24 bits per heavy atom. The van der Waals surface area contributed by atoms with Crippen molar-refractivity contribution in [3.8, 4) is 11.3 Å². The summed E-state index contributed by atoms with van der Waals surface area (Å²) in [5.41, 5.74) is -4.54. The first-order chi connectivity index (χ1) is 17.4. The summed E-state index contributed by atoms with van der Waals surface area (Å²) in [6, 6.07) is 2.99. The lowest BCUT2D eigenvalue weighted by molar-refractivity contribution is -0.213. The first kappa shape index (κ1) is 27.7. The van der Waals surface area contributed by atoms with Crippen molar-refractivity contribution in [2.45, 2.75) is 42.4 Å². The number of rotatable bonds is 5. The maximum Gasteiger partial charge on any atom is 0.433 e. The molecule has 1 fully saturated rings. The topological polar surface area (TPSA) is 103 Å². The Hall–Kier alpha value is -2.36. The summed E-state index contributed by atoms with van der Waals surface area (Å²) < 4.78 is 80.7. The van der Waals surface area contributed by atoms with E-state index in [9.17, 15) is 32.2 Å². The van der Waals surface area contributed by atoms with Gasteiger partial charge in [-0.05, 0) is 30.7 Å². The molecule has 3 aromatic rings. The van der Waals surface area contributed by atoms with Crippen molar-refractivity contribution in [1.82, 2.24) is 20.0 Å². The van der Waals surface area contributed by atoms with E-state index in [4.69, 9.17) is 21.1 Å². The number of thiol groups is 1. The van der Waals surface area contributed by atoms with Gasteiger partial charge in [-0.3, -0.25) is 4.98 Å². The number of ether oxygens (including phenoxy) is 2. The van der Waals surface area contributed by atoms with Crippen LogP contribution in [0.3, 0.4) is 0 Å². The molecule has 200 valence electrons. The number of nitrogens with zero attached hydrogens (tertiary/aromatic N) is 4. The Bertz CT molecular complexity index is 1290. The molecule has 0 amide bonds. The summed E-state index contributed by atoms with van der Waals surface area (Å²) in [6.07, 6.45) is -6.82. The number of aliphatic hydroxyl groups excluding tert-OH is 2. The average Bonchev–Trinajstić information content (AvgIpc) is 3.32. The second-order valence-corrected chi connectivity index (χ2v) is 9.25. The van der Waals surface area contributed by atoms with Crippen LogP contribution < -0.4 is 0 Å². The Balaban J connectivity index is 1.98. The molecule has 0 bridgehead atoms. The predicted octanol–water partition coefficient (Wildman–Crippen LogP) is 3.37. The maximum absolute atomic E-state index is 14.1. The van der Waals surface area contributed by atoms with Gasteiger partial charge in [-0.25, -0.2) is 13.5 Å². The highest BCUT2D eigenvalue weighted by Crippen LogP contribution is 2.45. The molecule has 5 atom stereocenters. The Labute approximate surface area is 217 Å². The highest BCUT2D eigenvalue weighted by molar-refractivity contribution is 7.80. The van der Waals surface area contributed by atoms with Crippen molar-refractivity contribution in [2.24, 2.45) is 0 Å². The predicted molar refractivity (Wildman–Crippen MR) is 123 cm³/mol. The number of halogens is 6. The fourth-order valence-electron chi connectivity index (χ4n) is 4.54. The molecular weight excluding hydrogens is 547 g/mol. The second-order valence-electron chi connectivity index (χ2n) is 8.36. The lowest BCUT2D eigenvalue weighted by atomic mass is 9.75. The Morgan fingerprint density at radius 2 is 1.89 bits per heavy atom. The molecule has 0 radical (unpaired) electrons. The zero-order valence-corrected chi connectivity index (χ0v) is 20.8. The largest absolute Gasteiger partial charge is 0.433 e. The SMILES string of the molecule is CO[C@@H]1[C@H](S)O[C@@H](CO)[C@@H](O)[C@@]1(c1cnc(C(F)(F)F)c(C)c1)n1cc(-c2cc(F)c(Cl)c(F)c2)nn1. The molecule has 2 N–H and O–H groups in total. The van der Waals surface area contributed by atoms with Crippen LogP contribution in [0.2, 0.25) is 5.02 Å². The normalized spacial score (nSPS) is 26.5. The Morgan fingerprint density at radius 3 is 2.43 bits per heavy atom. The van der Waals surface area contributed by atoms with Crippen molar-refractivity contribution in [1.29, 1.82) is 0 Å². The molecule has 0 aliphatic carbocycles. The van der Waals surface area contributed by atoms with Gasteiger partial charge >= 0.3 is 6.18 Å². The maximum atomic E-state index is 14.1. The van der Waals surface area contributed by atoms with E-state index in [-0.39, 0.29) is 22.4 Å². The van der Waals surface area contributed by atoms with Gasteiger partial charge in [0.25, 0.3) is 0 Å². The minimum Gasteiger partial charge on any atom is -0.394 e. The first-order valence-electron chi connectivity index (χ1n) is 10.6. The molecule has 0 spiro atoms. The molecule has 3 heterocycles. The van der Waals surface area contributed by atoms with Crippen molar-refractivity contribution >= 4 is 24.2 Å². The van der Waals surface area contributed by atoms with Crippen molar-refractivity contribution in [2.75, 3.05) is 13.7 Å². The third kappa shape index (κ3) is 4.59. The van der Waals surface area contributed by atoms with Crippen LogP contribution in [0.5, 0.6) is 0 Å². The van der Waals surface area contributed by atoms with Gasteiger partial charge in [0.05, 0.1) is 12.8 Å². The smallest absolute Gasteiger partial charge is 0.394 e. The van der Waals surface area contributed by atoms with Crippen molar-refractivity contribution < 1.29 is 41.6 Å². The third-order valence-electron chi connectivity index (χ3n) is 6.21. The molecular formula is C22H20ClF5N4O4S. The van der Waals surface area contributed by atoms with Gasteiger partial charge in [-0.15, -0.1) is 17.7 Å². The van der Waals surface area contributed by atoms with E-state index in [1.807, 2.05) is 0 Å². The molecule has 0 saturated carbocycles. The number of alkyl halides is 3. The van der Waals surface area contributed by atoms with E-state index < -0.39 is 64.4 Å². The van der Waals surface area contributed by atoms with Gasteiger partial charge in [0, 0.05) is 24.4 Å². The lowest BCUT2D eigenvalue weighted by Crippen LogP contribution is -2.67. The highest BCUT2D eigenvalue weighted by atomic mass is 35.5. The average molecular weight is 567 g/mol. The molecule has 8 nitrogen and oxygen atoms in total. The summed E-state index contributed by atoms with van der Waals surface area (Å²) in [6.45, 7) is 0.493. The minimum absolute atomic E-state index is 0.00284. The van der Waals surface area contributed by atoms with E-state index in [0.717, 1.165) is 29.1 Å². The molecule has 1 aromatic carbocycles. The lowest BCUT2D eigenvalue weighted by Gasteiger charge is -2.51. The van der Waals surface area contributed by atoms with E-state index in [1.54, 1.807) is 0 Å². The van der Waals surface area contributed by atoms with Gasteiger partial charge in [0.2, 0.25) is 0 Å². The van der Waals surface area contributed by atoms with Crippen LogP contribution in [0.1, 0.15) is 16.8 Å². The summed E-state index contributed by atoms with van der Waals surface area (Å²) in [5, 5.41) is 28.6. The van der Waals surface area contributed by atoms with Crippen LogP contribution in [-0.4, -0.2) is 67.7 Å². The first-order valence-corrected chi connectivity index (χ1v) is 11.5. The van der Waals surface area contributed by atoms with E-state index >= 15 is 0 Å². The number of methoxy groups -OCH3 is 1. The summed E-state index contributed by atoms with van der Waals surface area (Å²) in [5.74, 6) is -2.11. The standard InChI is InChI=1S/C22H20ClF5N4O4S/c1-9-3-11(6-29-17(9)22(26,27)28)21(18(34)15(8-33)36-20(37)19(21)35-2)32-7-14(30-31-32)10-4-12(24)16(23)13(25)5-10/h3-7,15,18-20,33-34,37H,8H2,1-2H3/t15-,18+,19+,20-,21+/m0/s1. The molecule has 2 aromatic heterocycles. The van der Waals surface area contributed by atoms with Crippen LogP contribution in [-0.2, 0) is 21.2 Å². The number of hydrogen-bond acceptors (Lipinski definition) is 8. The third-order valence-corrected chi connectivity index (χ3v) is 6.96. The molecule has 15 heteroatoms. The molecule has 1 saturated heterocycles. The number of hydrogen-bond donors (Lipinski definition) is 3. The van der Waals surface area contributed by atoms with Gasteiger partial charge in [0.1, 0.15) is 57.3 Å². The van der Waals surface area contributed by atoms with Crippen molar-refractivity contribution in [3.63, 3.8) is 0 Å². The second kappa shape index (κ2) is 10.1. The van der Waals surface area contributed by atoms with E-state index in [0.29, 0.717) is 0 Å². The fourth-order valence-corrected chi connectivity index (χ4v) is 5.15. The van der Waals surface area contributed by atoms with Gasteiger partial charge in [-0.1, -0.05) is 16.8 Å². The minimum atomic E-state index is -4.74. The van der Waals surface area contributed by atoms with Crippen LogP contribution in [0.25, 0.3) is 11.3 Å². The molecule has 0 unspecified atom stereocenters. The fraction of sp³-hybridized carbons (Fsp3) is 0.409. The van der Waals surface area contributed by atoms with Crippen LogP contribution in [0.4, 0.5) is 22.0 Å². The Kier molecular flexibility index (Phi) is 7.53. The number of aromatic nitrogens is 4. The quantitative estimate of drug-likeness (QED) is 0.247. The molecule has 1 aliphatic heterocycles. The zero-order chi connectivity index (χ0) is 27.3. The van der Waals surface area contributed by atoms with E-state index in [1.165, 1.54) is 20.2 Å². The highest BCUT2D eigenvalue weighted by Gasteiger charge is 2.59. The van der Waals surface area contributed by atoms with Crippen LogP contribution >= 0.6 is 24.2 Å². The molecule has 1 aliphatic rings. The van der Waals surface area contributed by atoms with Gasteiger partial charge < -0.3 is 19.7 Å². The van der Waals surface area contributed by atoms with Gasteiger partial charge in [0.15, 0.2) is 0 Å². The number of aryl methyl sites for hydroxylation is 1. The van der Waals surface area contributed by atoms with Crippen molar-refractivity contribution in [3.05, 3.63) is 64.1 Å². The summed E-state index contributed by atoms with van der Waals surface area (Å²) in [4.78, 5) is 3.58. The monoisotopic (exact) mass is 566 g/mol. The van der Waals surface area contributed by atoms with E-state index in [2.05, 4.69) is 27.9 Å². The number of pyridine rings is 1. The van der Waals surface area contributed by atoms with Gasteiger partial charge in [-0.2, -0.15) is 13.2 Å². The zero-order valence-electron chi connectivity index (χ0n) is 19.1.